The van der Waals surface area contributed by atoms with Crippen LogP contribution < -0.4 is 0 Å². The minimum Gasteiger partial charge on any atom is -0.244 e. The number of hydrogen-bond donors (Lipinski definition) is 0. The standard InChI is InChI=1S/C8H4BrClF5N/c9-1-3-5(7(11)12)4(8(13,14)15)2-16-6(3)10/h2,7H,1H2. The first kappa shape index (κ1) is 13.6. The molecule has 8 heteroatoms. The lowest BCUT2D eigenvalue weighted by Gasteiger charge is -2.15. The molecule has 0 aliphatic carbocycles. The Kier molecular flexibility index (Phi) is 4.12. The van der Waals surface area contributed by atoms with Gasteiger partial charge in [0.1, 0.15) is 5.15 Å². The fourth-order valence-corrected chi connectivity index (χ4v) is 2.09. The Morgan fingerprint density at radius 1 is 1.38 bits per heavy atom. The predicted molar refractivity (Wildman–Crippen MR) is 51.8 cm³/mol. The van der Waals surface area contributed by atoms with E-state index in [9.17, 15) is 22.0 Å². The van der Waals surface area contributed by atoms with E-state index in [0.717, 1.165) is 0 Å². The van der Waals surface area contributed by atoms with E-state index in [1.165, 1.54) is 0 Å². The third-order valence-electron chi connectivity index (χ3n) is 1.83. The maximum atomic E-state index is 12.6. The van der Waals surface area contributed by atoms with E-state index in [2.05, 4.69) is 20.9 Å². The van der Waals surface area contributed by atoms with Crippen molar-refractivity contribution in [2.45, 2.75) is 17.9 Å². The lowest BCUT2D eigenvalue weighted by atomic mass is 10.1. The van der Waals surface area contributed by atoms with Gasteiger partial charge in [0.05, 0.1) is 5.56 Å². The van der Waals surface area contributed by atoms with Crippen LogP contribution in [-0.4, -0.2) is 4.98 Å². The van der Waals surface area contributed by atoms with Crippen LogP contribution in [-0.2, 0) is 11.5 Å². The highest BCUT2D eigenvalue weighted by molar-refractivity contribution is 9.08. The third-order valence-corrected chi connectivity index (χ3v) is 2.71. The fourth-order valence-electron chi connectivity index (χ4n) is 1.14. The van der Waals surface area contributed by atoms with Gasteiger partial charge in [-0.25, -0.2) is 13.8 Å². The maximum absolute atomic E-state index is 12.6. The van der Waals surface area contributed by atoms with Crippen LogP contribution in [0.5, 0.6) is 0 Å². The SMILES string of the molecule is FC(F)c1c(C(F)(F)F)cnc(Cl)c1CBr. The summed E-state index contributed by atoms with van der Waals surface area (Å²) < 4.78 is 62.4. The highest BCUT2D eigenvalue weighted by Gasteiger charge is 2.38. The highest BCUT2D eigenvalue weighted by Crippen LogP contribution is 2.39. The molecule has 0 radical (unpaired) electrons. The van der Waals surface area contributed by atoms with E-state index in [-0.39, 0.29) is 16.0 Å². The number of nitrogens with zero attached hydrogens (tertiary/aromatic N) is 1. The van der Waals surface area contributed by atoms with Gasteiger partial charge in [-0.3, -0.25) is 0 Å². The zero-order valence-electron chi connectivity index (χ0n) is 7.45. The van der Waals surface area contributed by atoms with Crippen LogP contribution in [0.15, 0.2) is 6.20 Å². The van der Waals surface area contributed by atoms with Crippen LogP contribution in [0.1, 0.15) is 23.1 Å². The number of rotatable bonds is 2. The first-order chi connectivity index (χ1) is 7.29. The highest BCUT2D eigenvalue weighted by atomic mass is 79.9. The van der Waals surface area contributed by atoms with Crippen molar-refractivity contribution in [2.24, 2.45) is 0 Å². The van der Waals surface area contributed by atoms with Crippen LogP contribution in [0.4, 0.5) is 22.0 Å². The molecule has 0 spiro atoms. The predicted octanol–water partition coefficient (Wildman–Crippen LogP) is 4.59. The monoisotopic (exact) mass is 323 g/mol. The van der Waals surface area contributed by atoms with Crippen molar-refractivity contribution >= 4 is 27.5 Å². The second-order valence-corrected chi connectivity index (χ2v) is 3.71. The molecule has 0 saturated carbocycles. The van der Waals surface area contributed by atoms with Gasteiger partial charge in [-0.1, -0.05) is 27.5 Å². The first-order valence-electron chi connectivity index (χ1n) is 3.87. The molecule has 1 rings (SSSR count). The lowest BCUT2D eigenvalue weighted by molar-refractivity contribution is -0.139. The van der Waals surface area contributed by atoms with Gasteiger partial charge in [0, 0.05) is 22.7 Å². The molecule has 0 unspecified atom stereocenters. The molecule has 0 amide bonds. The molecule has 16 heavy (non-hydrogen) atoms. The molecule has 0 fully saturated rings. The molecule has 0 aromatic carbocycles. The van der Waals surface area contributed by atoms with Gasteiger partial charge in [0.15, 0.2) is 0 Å². The number of aromatic nitrogens is 1. The minimum atomic E-state index is -4.87. The zero-order chi connectivity index (χ0) is 12.5. The zero-order valence-corrected chi connectivity index (χ0v) is 9.80. The molecule has 0 aliphatic heterocycles. The summed E-state index contributed by atoms with van der Waals surface area (Å²) in [6.07, 6.45) is -7.82. The Balaban J connectivity index is 3.52. The molecule has 0 aliphatic rings. The van der Waals surface area contributed by atoms with E-state index < -0.39 is 23.7 Å². The van der Waals surface area contributed by atoms with Crippen molar-refractivity contribution in [1.29, 1.82) is 0 Å². The molecule has 1 aromatic heterocycles. The maximum Gasteiger partial charge on any atom is 0.418 e. The van der Waals surface area contributed by atoms with E-state index >= 15 is 0 Å². The Bertz CT molecular complexity index is 393. The van der Waals surface area contributed by atoms with Crippen LogP contribution in [0, 0.1) is 0 Å². The quantitative estimate of drug-likeness (QED) is 0.440. The molecule has 0 bridgehead atoms. The molecule has 90 valence electrons. The normalized spacial score (nSPS) is 12.2. The van der Waals surface area contributed by atoms with Gasteiger partial charge in [-0.05, 0) is 0 Å². The van der Waals surface area contributed by atoms with Gasteiger partial charge in [0.25, 0.3) is 6.43 Å². The molecular formula is C8H4BrClF5N. The summed E-state index contributed by atoms with van der Waals surface area (Å²) in [5, 5.41) is -0.581. The van der Waals surface area contributed by atoms with Crippen molar-refractivity contribution in [3.05, 3.63) is 28.0 Å². The molecule has 1 nitrogen and oxygen atoms in total. The Morgan fingerprint density at radius 3 is 2.31 bits per heavy atom. The number of hydrogen-bond acceptors (Lipinski definition) is 1. The number of halogens is 7. The van der Waals surface area contributed by atoms with Crippen LogP contribution in [0.25, 0.3) is 0 Å². The van der Waals surface area contributed by atoms with E-state index in [1.807, 2.05) is 0 Å². The van der Waals surface area contributed by atoms with E-state index in [1.54, 1.807) is 0 Å². The summed E-state index contributed by atoms with van der Waals surface area (Å²) >= 11 is 8.26. The van der Waals surface area contributed by atoms with Gasteiger partial charge in [-0.2, -0.15) is 13.2 Å². The van der Waals surface area contributed by atoms with Gasteiger partial charge >= 0.3 is 6.18 Å². The van der Waals surface area contributed by atoms with Crippen molar-refractivity contribution in [2.75, 3.05) is 0 Å². The second-order valence-electron chi connectivity index (χ2n) is 2.79. The second kappa shape index (κ2) is 4.83. The lowest BCUT2D eigenvalue weighted by Crippen LogP contribution is -2.13. The average Bonchev–Trinajstić information content (AvgIpc) is 2.14. The van der Waals surface area contributed by atoms with Crippen LogP contribution in [0.2, 0.25) is 5.15 Å². The molecule has 0 atom stereocenters. The summed E-state index contributed by atoms with van der Waals surface area (Å²) in [5.41, 5.74) is -2.92. The molecule has 1 heterocycles. The smallest absolute Gasteiger partial charge is 0.244 e. The Morgan fingerprint density at radius 2 is 1.94 bits per heavy atom. The minimum absolute atomic E-state index is 0.220. The summed E-state index contributed by atoms with van der Waals surface area (Å²) in [6.45, 7) is 0. The van der Waals surface area contributed by atoms with Crippen molar-refractivity contribution in [1.82, 2.24) is 4.98 Å². The topological polar surface area (TPSA) is 12.9 Å². The summed E-state index contributed by atoms with van der Waals surface area (Å²) in [6, 6.07) is 0. The van der Waals surface area contributed by atoms with Gasteiger partial charge in [-0.15, -0.1) is 0 Å². The van der Waals surface area contributed by atoms with Crippen LogP contribution in [0.3, 0.4) is 0 Å². The van der Waals surface area contributed by atoms with E-state index in [0.29, 0.717) is 6.20 Å². The first-order valence-corrected chi connectivity index (χ1v) is 5.37. The summed E-state index contributed by atoms with van der Waals surface area (Å²) in [4.78, 5) is 3.24. The fraction of sp³-hybridized carbons (Fsp3) is 0.375. The van der Waals surface area contributed by atoms with Crippen molar-refractivity contribution < 1.29 is 22.0 Å². The van der Waals surface area contributed by atoms with Crippen molar-refractivity contribution in [3.8, 4) is 0 Å². The van der Waals surface area contributed by atoms with E-state index in [4.69, 9.17) is 11.6 Å². The van der Waals surface area contributed by atoms with Crippen LogP contribution >= 0.6 is 27.5 Å². The number of alkyl halides is 6. The molecular weight excluding hydrogens is 320 g/mol. The molecule has 1 aromatic rings. The molecule has 0 saturated heterocycles. The average molecular weight is 324 g/mol. The Labute approximate surface area is 101 Å². The van der Waals surface area contributed by atoms with Gasteiger partial charge in [0.2, 0.25) is 0 Å². The van der Waals surface area contributed by atoms with Gasteiger partial charge < -0.3 is 0 Å². The third kappa shape index (κ3) is 2.63. The largest absolute Gasteiger partial charge is 0.418 e. The van der Waals surface area contributed by atoms with Crippen molar-refractivity contribution in [3.63, 3.8) is 0 Å². The number of pyridine rings is 1. The molecule has 0 N–H and O–H groups in total. The Hall–Kier alpha value is -0.430. The summed E-state index contributed by atoms with van der Waals surface area (Å²) in [7, 11) is 0. The summed E-state index contributed by atoms with van der Waals surface area (Å²) in [5.74, 6) is 0.